The third-order valence-corrected chi connectivity index (χ3v) is 6.97. The molecule has 0 unspecified atom stereocenters. The number of nitrogens with zero attached hydrogens (tertiary/aromatic N) is 3. The predicted octanol–water partition coefficient (Wildman–Crippen LogP) is 3.69. The average molecular weight is 424 g/mol. The van der Waals surface area contributed by atoms with Gasteiger partial charge in [0.15, 0.2) is 0 Å². The van der Waals surface area contributed by atoms with Crippen molar-refractivity contribution in [2.24, 2.45) is 0 Å². The minimum atomic E-state index is 0.108. The summed E-state index contributed by atoms with van der Waals surface area (Å²) in [5.41, 5.74) is 5.43. The van der Waals surface area contributed by atoms with Gasteiger partial charge < -0.3 is 14.4 Å². The van der Waals surface area contributed by atoms with E-state index in [2.05, 4.69) is 42.8 Å². The van der Waals surface area contributed by atoms with Crippen molar-refractivity contribution in [1.82, 2.24) is 14.8 Å². The van der Waals surface area contributed by atoms with Gasteiger partial charge in [0.1, 0.15) is 12.4 Å². The number of fused-ring (bicyclic) bond motifs is 2. The number of hydrogen-bond donors (Lipinski definition) is 0. The molecular weight excluding hydrogens is 390 g/mol. The molecule has 2 fully saturated rings. The fraction of sp³-hybridized carbons (Fsp3) is 0.520. The van der Waals surface area contributed by atoms with Crippen LogP contribution in [0.15, 0.2) is 30.5 Å². The van der Waals surface area contributed by atoms with Gasteiger partial charge in [-0.2, -0.15) is 0 Å². The maximum atomic E-state index is 13.0. The molecule has 6 nitrogen and oxygen atoms in total. The van der Waals surface area contributed by atoms with Gasteiger partial charge in [-0.1, -0.05) is 6.07 Å². The lowest BCUT2D eigenvalue weighted by molar-refractivity contribution is 0.0568. The van der Waals surface area contributed by atoms with Crippen molar-refractivity contribution in [3.05, 3.63) is 58.4 Å². The lowest BCUT2D eigenvalue weighted by atomic mass is 9.96. The van der Waals surface area contributed by atoms with E-state index in [1.165, 1.54) is 16.7 Å². The molecule has 0 radical (unpaired) electrons. The number of likely N-dealkylation sites (tertiary alicyclic amines) is 2. The van der Waals surface area contributed by atoms with Crippen LogP contribution in [-0.2, 0) is 4.74 Å². The third kappa shape index (κ3) is 4.19. The summed E-state index contributed by atoms with van der Waals surface area (Å²) >= 11 is 0. The van der Waals surface area contributed by atoms with Crippen LogP contribution < -0.4 is 4.74 Å². The number of amides is 1. The van der Waals surface area contributed by atoms with Crippen LogP contribution in [0.1, 0.15) is 52.1 Å². The molecule has 31 heavy (non-hydrogen) atoms. The number of aromatic nitrogens is 1. The zero-order valence-electron chi connectivity index (χ0n) is 19.2. The smallest absolute Gasteiger partial charge is 0.255 e. The number of carbonyl (C=O) groups excluding carboxylic acids is 1. The summed E-state index contributed by atoms with van der Waals surface area (Å²) in [5.74, 6) is 1.04. The van der Waals surface area contributed by atoms with E-state index >= 15 is 0 Å². The van der Waals surface area contributed by atoms with Crippen LogP contribution in [0, 0.1) is 20.8 Å². The fourth-order valence-corrected chi connectivity index (χ4v) is 5.02. The molecule has 2 saturated heterocycles. The molecule has 0 N–H and O–H groups in total. The van der Waals surface area contributed by atoms with Gasteiger partial charge >= 0.3 is 0 Å². The molecule has 2 aromatic rings. The maximum absolute atomic E-state index is 13.0. The summed E-state index contributed by atoms with van der Waals surface area (Å²) in [6.45, 7) is 11.4. The highest BCUT2D eigenvalue weighted by molar-refractivity contribution is 5.94. The van der Waals surface area contributed by atoms with E-state index in [9.17, 15) is 4.79 Å². The first-order valence-electron chi connectivity index (χ1n) is 11.1. The van der Waals surface area contributed by atoms with E-state index in [1.807, 2.05) is 24.0 Å². The number of methoxy groups -OCH3 is 1. The van der Waals surface area contributed by atoms with Gasteiger partial charge in [-0.3, -0.25) is 14.7 Å². The van der Waals surface area contributed by atoms with Crippen LogP contribution in [-0.4, -0.2) is 66.2 Å². The quantitative estimate of drug-likeness (QED) is 0.636. The summed E-state index contributed by atoms with van der Waals surface area (Å²) in [6.07, 6.45) is 2.75. The van der Waals surface area contributed by atoms with Gasteiger partial charge in [0.05, 0.1) is 12.2 Å². The minimum Gasteiger partial charge on any atom is -0.491 e. The highest BCUT2D eigenvalue weighted by Crippen LogP contribution is 2.39. The Morgan fingerprint density at radius 1 is 1.10 bits per heavy atom. The van der Waals surface area contributed by atoms with Crippen molar-refractivity contribution in [2.45, 2.75) is 52.2 Å². The number of ether oxygens (including phenoxy) is 2. The van der Waals surface area contributed by atoms with E-state index < -0.39 is 0 Å². The summed E-state index contributed by atoms with van der Waals surface area (Å²) in [4.78, 5) is 21.9. The lowest BCUT2D eigenvalue weighted by Crippen LogP contribution is -2.49. The Kier molecular flexibility index (Phi) is 6.30. The van der Waals surface area contributed by atoms with E-state index in [1.54, 1.807) is 13.3 Å². The second kappa shape index (κ2) is 8.97. The largest absolute Gasteiger partial charge is 0.491 e. The summed E-state index contributed by atoms with van der Waals surface area (Å²) in [7, 11) is 1.68. The number of piperazine rings is 1. The molecule has 0 saturated carbocycles. The Bertz CT molecular complexity index is 944. The molecule has 4 rings (SSSR count). The zero-order chi connectivity index (χ0) is 22.1. The zero-order valence-corrected chi connectivity index (χ0v) is 19.2. The molecule has 0 aliphatic carbocycles. The monoisotopic (exact) mass is 423 g/mol. The highest BCUT2D eigenvalue weighted by Gasteiger charge is 2.47. The standard InChI is InChI=1S/C25H33N3O3/c1-16-6-7-20(13-26-16)25(29)28-15-21-12-22(28)14-27(21)19(4)23-8-9-24(18(3)17(23)2)31-11-10-30-5/h6-9,13,19,21-22H,10-12,14-15H2,1-5H3/t19-,21-,22-/m0/s1. The van der Waals surface area contributed by atoms with Gasteiger partial charge in [-0.25, -0.2) is 0 Å². The first-order valence-corrected chi connectivity index (χ1v) is 11.1. The first-order chi connectivity index (χ1) is 14.9. The molecule has 3 heterocycles. The summed E-state index contributed by atoms with van der Waals surface area (Å²) < 4.78 is 11.0. The second-order valence-corrected chi connectivity index (χ2v) is 8.81. The van der Waals surface area contributed by atoms with Crippen molar-refractivity contribution < 1.29 is 14.3 Å². The van der Waals surface area contributed by atoms with Crippen molar-refractivity contribution >= 4 is 5.91 Å². The number of carbonyl (C=O) groups is 1. The molecule has 166 valence electrons. The molecule has 1 aromatic heterocycles. The number of pyridine rings is 1. The minimum absolute atomic E-state index is 0.108. The summed E-state index contributed by atoms with van der Waals surface area (Å²) in [5, 5.41) is 0. The Hall–Kier alpha value is -2.44. The molecule has 1 aromatic carbocycles. The van der Waals surface area contributed by atoms with Crippen molar-refractivity contribution in [3.63, 3.8) is 0 Å². The SMILES string of the molecule is COCCOc1ccc([C@H](C)N2C[C@@H]3C[C@H]2CN3C(=O)c2ccc(C)nc2)c(C)c1C. The van der Waals surface area contributed by atoms with Crippen LogP contribution in [0.2, 0.25) is 0 Å². The fourth-order valence-electron chi connectivity index (χ4n) is 5.02. The van der Waals surface area contributed by atoms with Crippen molar-refractivity contribution in [3.8, 4) is 5.75 Å². The molecule has 2 aliphatic heterocycles. The molecule has 2 aliphatic rings. The Balaban J connectivity index is 1.44. The maximum Gasteiger partial charge on any atom is 0.255 e. The van der Waals surface area contributed by atoms with Crippen LogP contribution in [0.3, 0.4) is 0 Å². The van der Waals surface area contributed by atoms with Crippen LogP contribution >= 0.6 is 0 Å². The van der Waals surface area contributed by atoms with Gasteiger partial charge in [0, 0.05) is 50.2 Å². The molecule has 3 atom stereocenters. The average Bonchev–Trinajstić information content (AvgIpc) is 3.38. The highest BCUT2D eigenvalue weighted by atomic mass is 16.5. The predicted molar refractivity (Wildman–Crippen MR) is 121 cm³/mol. The molecule has 2 bridgehead atoms. The number of aryl methyl sites for hydroxylation is 1. The van der Waals surface area contributed by atoms with Crippen molar-refractivity contribution in [1.29, 1.82) is 0 Å². The van der Waals surface area contributed by atoms with Gasteiger partial charge in [-0.15, -0.1) is 0 Å². The van der Waals surface area contributed by atoms with Crippen LogP contribution in [0.5, 0.6) is 5.75 Å². The number of benzene rings is 1. The van der Waals surface area contributed by atoms with E-state index in [0.29, 0.717) is 30.9 Å². The van der Waals surface area contributed by atoms with Crippen LogP contribution in [0.25, 0.3) is 0 Å². The Labute approximate surface area is 185 Å². The lowest BCUT2D eigenvalue weighted by Gasteiger charge is -2.38. The molecule has 1 amide bonds. The topological polar surface area (TPSA) is 54.9 Å². The van der Waals surface area contributed by atoms with Crippen molar-refractivity contribution in [2.75, 3.05) is 33.4 Å². The van der Waals surface area contributed by atoms with Crippen LogP contribution in [0.4, 0.5) is 0 Å². The van der Waals surface area contributed by atoms with E-state index in [0.717, 1.165) is 31.0 Å². The normalized spacial score (nSPS) is 21.5. The Morgan fingerprint density at radius 2 is 1.90 bits per heavy atom. The van der Waals surface area contributed by atoms with E-state index in [-0.39, 0.29) is 11.9 Å². The molecular formula is C25H33N3O3. The van der Waals surface area contributed by atoms with Gasteiger partial charge in [0.2, 0.25) is 0 Å². The first kappa shape index (κ1) is 21.8. The molecule has 0 spiro atoms. The summed E-state index contributed by atoms with van der Waals surface area (Å²) in [6, 6.07) is 9.06. The second-order valence-electron chi connectivity index (χ2n) is 8.81. The third-order valence-electron chi connectivity index (χ3n) is 6.97. The van der Waals surface area contributed by atoms with Gasteiger partial charge in [-0.05, 0) is 69.0 Å². The molecule has 6 heteroatoms. The Morgan fingerprint density at radius 3 is 2.55 bits per heavy atom. The number of hydrogen-bond acceptors (Lipinski definition) is 5. The number of rotatable bonds is 7. The van der Waals surface area contributed by atoms with Gasteiger partial charge in [0.25, 0.3) is 5.91 Å². The van der Waals surface area contributed by atoms with E-state index in [4.69, 9.17) is 9.47 Å².